The monoisotopic (exact) mass is 624 g/mol. The summed E-state index contributed by atoms with van der Waals surface area (Å²) in [5.74, 6) is 0.847. The summed E-state index contributed by atoms with van der Waals surface area (Å²) >= 11 is 1.21. The molecule has 0 spiro atoms. The number of amidine groups is 1. The fourth-order valence-corrected chi connectivity index (χ4v) is 5.35. The van der Waals surface area contributed by atoms with Crippen LogP contribution in [0.3, 0.4) is 0 Å². The number of amides is 3. The van der Waals surface area contributed by atoms with Crippen molar-refractivity contribution in [1.82, 2.24) is 20.1 Å². The molecule has 5 rings (SSSR count). The van der Waals surface area contributed by atoms with E-state index < -0.39 is 12.4 Å². The van der Waals surface area contributed by atoms with Crippen LogP contribution >= 0.6 is 11.8 Å². The van der Waals surface area contributed by atoms with Crippen molar-refractivity contribution in [3.8, 4) is 28.6 Å². The topological polar surface area (TPSA) is 111 Å². The number of nitrogens with zero attached hydrogens (tertiary/aromatic N) is 5. The van der Waals surface area contributed by atoms with Crippen LogP contribution in [0.4, 0.5) is 23.7 Å². The van der Waals surface area contributed by atoms with Crippen molar-refractivity contribution in [3.63, 3.8) is 0 Å². The first-order valence-electron chi connectivity index (χ1n) is 13.4. The molecule has 0 aliphatic carbocycles. The molecule has 3 aromatic carbocycles. The van der Waals surface area contributed by atoms with E-state index in [0.29, 0.717) is 47.5 Å². The van der Waals surface area contributed by atoms with E-state index in [1.807, 2.05) is 37.3 Å². The second-order valence-electron chi connectivity index (χ2n) is 9.65. The van der Waals surface area contributed by atoms with E-state index in [1.54, 1.807) is 19.2 Å². The second kappa shape index (κ2) is 13.2. The number of thioether (sulfide) groups is 1. The molecule has 0 saturated carbocycles. The maximum absolute atomic E-state index is 12.6. The van der Waals surface area contributed by atoms with E-state index in [1.165, 1.54) is 51.9 Å². The minimum absolute atomic E-state index is 0.150. The van der Waals surface area contributed by atoms with Gasteiger partial charge in [0.05, 0.1) is 24.2 Å². The highest BCUT2D eigenvalue weighted by molar-refractivity contribution is 8.15. The van der Waals surface area contributed by atoms with E-state index in [4.69, 9.17) is 4.74 Å². The van der Waals surface area contributed by atoms with Crippen LogP contribution in [0.25, 0.3) is 17.1 Å². The Bertz CT molecular complexity index is 1690. The maximum Gasteiger partial charge on any atom is 0.573 e. The average molecular weight is 625 g/mol. The molecule has 228 valence electrons. The molecule has 1 fully saturated rings. The van der Waals surface area contributed by atoms with E-state index >= 15 is 0 Å². The summed E-state index contributed by atoms with van der Waals surface area (Å²) in [6.07, 6.45) is -1.98. The number of carbonyl (C=O) groups excluding carboxylic acids is 2. The minimum Gasteiger partial charge on any atom is -0.497 e. The first kappa shape index (κ1) is 30.6. The Kier molecular flexibility index (Phi) is 9.18. The number of aromatic nitrogens is 3. The molecule has 0 radical (unpaired) electrons. The highest BCUT2D eigenvalue weighted by atomic mass is 32.2. The Balaban J connectivity index is 1.15. The maximum atomic E-state index is 12.6. The van der Waals surface area contributed by atoms with Crippen LogP contribution < -0.4 is 19.7 Å². The standard InChI is InChI=1S/C30H27F3N6O4S/c1-19-15-24(42-2)12-13-25(19)39-26(40)17-44-29(39)36-28(41)34-14-4-6-20-5-3-7-21(16-20)27-35-18-38(37-27)22-8-10-23(11-9-22)43-30(31,32)33/h3,5,7-13,15-16,18H,4,6,14,17H2,1-2H3,(H,34,41)/b36-29-. The smallest absolute Gasteiger partial charge is 0.497 e. The van der Waals surface area contributed by atoms with E-state index in [0.717, 1.165) is 16.7 Å². The van der Waals surface area contributed by atoms with Crippen LogP contribution in [-0.4, -0.2) is 57.6 Å². The lowest BCUT2D eigenvalue weighted by Crippen LogP contribution is -2.32. The van der Waals surface area contributed by atoms with Crippen LogP contribution in [-0.2, 0) is 11.2 Å². The molecule has 1 saturated heterocycles. The SMILES string of the molecule is COc1ccc(N2C(=O)CS/C2=N\C(=O)NCCCc2cccc(-c3ncn(-c4ccc(OC(F)(F)F)cc4)n3)c2)c(C)c1. The highest BCUT2D eigenvalue weighted by Gasteiger charge is 2.32. The molecule has 1 N–H and O–H groups in total. The van der Waals surface area contributed by atoms with Gasteiger partial charge in [0.15, 0.2) is 11.0 Å². The lowest BCUT2D eigenvalue weighted by Gasteiger charge is -2.18. The van der Waals surface area contributed by atoms with E-state index in [9.17, 15) is 22.8 Å². The molecule has 4 aromatic rings. The van der Waals surface area contributed by atoms with Crippen molar-refractivity contribution in [2.45, 2.75) is 26.1 Å². The van der Waals surface area contributed by atoms with Crippen LogP contribution in [0.2, 0.25) is 0 Å². The number of methoxy groups -OCH3 is 1. The van der Waals surface area contributed by atoms with Gasteiger partial charge in [-0.15, -0.1) is 18.3 Å². The number of ether oxygens (including phenoxy) is 2. The molecule has 44 heavy (non-hydrogen) atoms. The van der Waals surface area contributed by atoms with Crippen LogP contribution in [0.1, 0.15) is 17.5 Å². The van der Waals surface area contributed by atoms with Crippen LogP contribution in [0.5, 0.6) is 11.5 Å². The molecule has 3 amide bonds. The third-order valence-corrected chi connectivity index (χ3v) is 7.46. The van der Waals surface area contributed by atoms with Gasteiger partial charge in [0, 0.05) is 12.1 Å². The molecule has 1 aliphatic rings. The number of aliphatic imine (C=N–C) groups is 1. The fourth-order valence-electron chi connectivity index (χ4n) is 4.49. The van der Waals surface area contributed by atoms with Gasteiger partial charge in [0.1, 0.15) is 17.8 Å². The Hall–Kier alpha value is -4.85. The number of anilines is 1. The zero-order valence-corrected chi connectivity index (χ0v) is 24.5. The number of rotatable bonds is 9. The van der Waals surface area contributed by atoms with Gasteiger partial charge in [-0.3, -0.25) is 9.69 Å². The number of hydrogen-bond acceptors (Lipinski definition) is 7. The number of hydrogen-bond donors (Lipinski definition) is 1. The first-order chi connectivity index (χ1) is 21.1. The Morgan fingerprint density at radius 2 is 1.86 bits per heavy atom. The van der Waals surface area contributed by atoms with E-state index in [2.05, 4.69) is 25.1 Å². The molecule has 0 bridgehead atoms. The molecule has 1 aliphatic heterocycles. The van der Waals surface area contributed by atoms with Crippen molar-refractivity contribution < 1.29 is 32.2 Å². The molecular weight excluding hydrogens is 597 g/mol. The summed E-state index contributed by atoms with van der Waals surface area (Å²) in [5, 5.41) is 7.56. The summed E-state index contributed by atoms with van der Waals surface area (Å²) in [7, 11) is 1.57. The third-order valence-electron chi connectivity index (χ3n) is 6.54. The van der Waals surface area contributed by atoms with Gasteiger partial charge in [-0.1, -0.05) is 30.0 Å². The molecule has 10 nitrogen and oxygen atoms in total. The quantitative estimate of drug-likeness (QED) is 0.230. The molecule has 1 aromatic heterocycles. The summed E-state index contributed by atoms with van der Waals surface area (Å²) in [4.78, 5) is 35.1. The predicted molar refractivity (Wildman–Crippen MR) is 160 cm³/mol. The van der Waals surface area contributed by atoms with Gasteiger partial charge >= 0.3 is 12.4 Å². The van der Waals surface area contributed by atoms with Gasteiger partial charge in [-0.2, -0.15) is 4.99 Å². The summed E-state index contributed by atoms with van der Waals surface area (Å²) in [6, 6.07) is 17.8. The van der Waals surface area contributed by atoms with Gasteiger partial charge in [0.25, 0.3) is 0 Å². The number of halogens is 3. The fraction of sp³-hybridized carbons (Fsp3) is 0.233. The normalized spacial score (nSPS) is 14.2. The largest absolute Gasteiger partial charge is 0.573 e. The van der Waals surface area contributed by atoms with Crippen molar-refractivity contribution in [2.24, 2.45) is 4.99 Å². The zero-order valence-electron chi connectivity index (χ0n) is 23.7. The number of nitrogens with one attached hydrogen (secondary N) is 1. The third kappa shape index (κ3) is 7.56. The first-order valence-corrected chi connectivity index (χ1v) is 14.4. The number of urea groups is 1. The Morgan fingerprint density at radius 1 is 1.09 bits per heavy atom. The second-order valence-corrected chi connectivity index (χ2v) is 10.6. The van der Waals surface area contributed by atoms with Gasteiger partial charge in [0.2, 0.25) is 5.91 Å². The summed E-state index contributed by atoms with van der Waals surface area (Å²) in [5.41, 5.74) is 3.78. The van der Waals surface area contributed by atoms with Gasteiger partial charge < -0.3 is 14.8 Å². The Labute approximate surface area is 254 Å². The lowest BCUT2D eigenvalue weighted by molar-refractivity contribution is -0.274. The van der Waals surface area contributed by atoms with Gasteiger partial charge in [-0.05, 0) is 79.4 Å². The van der Waals surface area contributed by atoms with Crippen molar-refractivity contribution >= 4 is 34.6 Å². The molecule has 0 atom stereocenters. The van der Waals surface area contributed by atoms with Crippen molar-refractivity contribution in [1.29, 1.82) is 0 Å². The molecule has 14 heteroatoms. The Morgan fingerprint density at radius 3 is 2.59 bits per heavy atom. The minimum atomic E-state index is -4.76. The zero-order chi connectivity index (χ0) is 31.3. The number of carbonyl (C=O) groups is 2. The summed E-state index contributed by atoms with van der Waals surface area (Å²) in [6.45, 7) is 2.24. The predicted octanol–water partition coefficient (Wildman–Crippen LogP) is 5.93. The van der Waals surface area contributed by atoms with Crippen molar-refractivity contribution in [2.75, 3.05) is 24.3 Å². The molecule has 0 unspecified atom stereocenters. The van der Waals surface area contributed by atoms with Crippen LogP contribution in [0, 0.1) is 6.92 Å². The average Bonchev–Trinajstić information content (AvgIpc) is 3.62. The number of alkyl halides is 3. The summed E-state index contributed by atoms with van der Waals surface area (Å²) < 4.78 is 47.9. The number of benzene rings is 3. The van der Waals surface area contributed by atoms with E-state index in [-0.39, 0.29) is 17.4 Å². The number of aryl methyl sites for hydroxylation is 2. The lowest BCUT2D eigenvalue weighted by atomic mass is 10.1. The molecular formula is C30H27F3N6O4S. The highest BCUT2D eigenvalue weighted by Crippen LogP contribution is 2.31. The molecule has 2 heterocycles. The van der Waals surface area contributed by atoms with Crippen molar-refractivity contribution in [3.05, 3.63) is 84.2 Å². The van der Waals surface area contributed by atoms with Crippen LogP contribution in [0.15, 0.2) is 78.0 Å². The van der Waals surface area contributed by atoms with Gasteiger partial charge in [-0.25, -0.2) is 14.5 Å².